The van der Waals surface area contributed by atoms with Crippen LogP contribution in [0.25, 0.3) is 0 Å². The highest BCUT2D eigenvalue weighted by Gasteiger charge is 2.50. The molecule has 3 aromatic rings. The van der Waals surface area contributed by atoms with E-state index in [1.165, 1.54) is 19.1 Å². The van der Waals surface area contributed by atoms with Crippen molar-refractivity contribution < 1.29 is 32.6 Å². The van der Waals surface area contributed by atoms with Gasteiger partial charge in [-0.05, 0) is 66.0 Å². The maximum Gasteiger partial charge on any atom is 0.247 e. The third-order valence-corrected chi connectivity index (χ3v) is 8.40. The van der Waals surface area contributed by atoms with Gasteiger partial charge in [0.15, 0.2) is 11.5 Å². The smallest absolute Gasteiger partial charge is 0.247 e. The van der Waals surface area contributed by atoms with E-state index in [1.54, 1.807) is 18.2 Å². The highest BCUT2D eigenvalue weighted by molar-refractivity contribution is 6.00. The molecule has 10 heteroatoms. The summed E-state index contributed by atoms with van der Waals surface area (Å²) < 4.78 is 40.1. The van der Waals surface area contributed by atoms with Crippen molar-refractivity contribution in [3.8, 4) is 11.5 Å². The molecule has 0 saturated carbocycles. The topological polar surface area (TPSA) is 97.0 Å². The molecule has 0 spiro atoms. The Balaban J connectivity index is 1.52. The van der Waals surface area contributed by atoms with Crippen LogP contribution in [0.5, 0.6) is 11.5 Å². The Kier molecular flexibility index (Phi) is 9.17. The summed E-state index contributed by atoms with van der Waals surface area (Å²) in [6.45, 7) is 3.82. The van der Waals surface area contributed by atoms with Gasteiger partial charge in [0.1, 0.15) is 29.8 Å². The number of nitrogens with one attached hydrogen (secondary N) is 2. The lowest BCUT2D eigenvalue weighted by Crippen LogP contribution is -2.67. The monoisotopic (exact) mass is 605 g/mol. The standard InChI is InChI=1S/C34H37F2N3O5/c1-19(2)13-27-32(40)38-30(23-15-21-7-5-6-8-22(21)16-23)34(42)39(27)31(25-11-10-24(35)17-26(25)36)33(41)37-18-20-9-12-28(43-3)29(14-20)44-4/h5-12,14,17,19,23,27,30-31H,13,15-16,18H2,1-4H3,(H,37,41)(H,38,40)/t27-,30?,31-/m1/s1. The average molecular weight is 606 g/mol. The Morgan fingerprint density at radius 2 is 1.66 bits per heavy atom. The summed E-state index contributed by atoms with van der Waals surface area (Å²) in [5.41, 5.74) is 2.67. The number of hydrogen-bond donors (Lipinski definition) is 2. The molecule has 232 valence electrons. The normalized spacial score (nSPS) is 19.0. The molecule has 3 aromatic carbocycles. The lowest BCUT2D eigenvalue weighted by molar-refractivity contribution is -0.158. The zero-order valence-electron chi connectivity index (χ0n) is 25.2. The van der Waals surface area contributed by atoms with Crippen LogP contribution in [0.4, 0.5) is 8.78 Å². The highest BCUT2D eigenvalue weighted by Crippen LogP contribution is 2.36. The van der Waals surface area contributed by atoms with E-state index in [2.05, 4.69) is 10.6 Å². The van der Waals surface area contributed by atoms with Crippen LogP contribution >= 0.6 is 0 Å². The van der Waals surface area contributed by atoms with Crippen molar-refractivity contribution >= 4 is 17.7 Å². The third kappa shape index (κ3) is 6.25. The largest absolute Gasteiger partial charge is 0.493 e. The zero-order valence-corrected chi connectivity index (χ0v) is 25.2. The molecule has 0 bridgehead atoms. The number of rotatable bonds is 10. The fourth-order valence-electron chi connectivity index (χ4n) is 6.29. The van der Waals surface area contributed by atoms with E-state index < -0.39 is 47.5 Å². The Labute approximate surface area is 255 Å². The van der Waals surface area contributed by atoms with Gasteiger partial charge >= 0.3 is 0 Å². The lowest BCUT2D eigenvalue weighted by atomic mass is 9.87. The molecule has 1 heterocycles. The van der Waals surface area contributed by atoms with Gasteiger partial charge < -0.3 is 25.0 Å². The summed E-state index contributed by atoms with van der Waals surface area (Å²) in [6, 6.07) is 12.4. The molecule has 44 heavy (non-hydrogen) atoms. The van der Waals surface area contributed by atoms with Crippen molar-refractivity contribution in [3.63, 3.8) is 0 Å². The lowest BCUT2D eigenvalue weighted by Gasteiger charge is -2.44. The molecule has 2 aliphatic rings. The van der Waals surface area contributed by atoms with Gasteiger partial charge in [-0.2, -0.15) is 0 Å². The molecular weight excluding hydrogens is 568 g/mol. The summed E-state index contributed by atoms with van der Waals surface area (Å²) in [5.74, 6) is -2.67. The van der Waals surface area contributed by atoms with Gasteiger partial charge in [0, 0.05) is 18.2 Å². The number of hydrogen-bond acceptors (Lipinski definition) is 5. The Morgan fingerprint density at radius 1 is 0.977 bits per heavy atom. The molecule has 3 atom stereocenters. The van der Waals surface area contributed by atoms with Gasteiger partial charge in [-0.1, -0.05) is 50.2 Å². The third-order valence-electron chi connectivity index (χ3n) is 8.40. The minimum absolute atomic E-state index is 0.0168. The van der Waals surface area contributed by atoms with Gasteiger partial charge in [0.05, 0.1) is 14.2 Å². The van der Waals surface area contributed by atoms with Crippen molar-refractivity contribution in [1.82, 2.24) is 15.5 Å². The molecule has 0 aromatic heterocycles. The maximum absolute atomic E-state index is 15.5. The first-order valence-corrected chi connectivity index (χ1v) is 14.7. The van der Waals surface area contributed by atoms with Crippen LogP contribution in [0.2, 0.25) is 0 Å². The molecule has 1 saturated heterocycles. The maximum atomic E-state index is 15.5. The second kappa shape index (κ2) is 13.0. The summed E-state index contributed by atoms with van der Waals surface area (Å²) in [4.78, 5) is 43.4. The predicted octanol–water partition coefficient (Wildman–Crippen LogP) is 4.50. The number of fused-ring (bicyclic) bond motifs is 1. The Morgan fingerprint density at radius 3 is 2.27 bits per heavy atom. The summed E-state index contributed by atoms with van der Waals surface area (Å²) in [6.07, 6.45) is 1.41. The summed E-state index contributed by atoms with van der Waals surface area (Å²) in [7, 11) is 3.01. The van der Waals surface area contributed by atoms with Gasteiger partial charge in [-0.15, -0.1) is 0 Å². The number of amides is 3. The van der Waals surface area contributed by atoms with Crippen LogP contribution in [-0.2, 0) is 33.8 Å². The fourth-order valence-corrected chi connectivity index (χ4v) is 6.29. The van der Waals surface area contributed by atoms with Crippen LogP contribution in [-0.4, -0.2) is 48.9 Å². The van der Waals surface area contributed by atoms with Crippen LogP contribution < -0.4 is 20.1 Å². The molecule has 5 rings (SSSR count). The minimum atomic E-state index is -1.52. The van der Waals surface area contributed by atoms with E-state index in [9.17, 15) is 18.8 Å². The minimum Gasteiger partial charge on any atom is -0.493 e. The van der Waals surface area contributed by atoms with Gasteiger partial charge in [-0.25, -0.2) is 8.78 Å². The SMILES string of the molecule is COc1ccc(CNC(=O)[C@@H](c2ccc(F)cc2F)N2C(=O)C(C3Cc4ccccc4C3)NC(=O)[C@H]2CC(C)C)cc1OC. The summed E-state index contributed by atoms with van der Waals surface area (Å²) >= 11 is 0. The molecule has 1 fully saturated rings. The first kappa shape index (κ1) is 31.0. The van der Waals surface area contributed by atoms with Crippen molar-refractivity contribution in [2.75, 3.05) is 14.2 Å². The number of halogens is 2. The number of piperazine rings is 1. The van der Waals surface area contributed by atoms with Crippen LogP contribution in [0.1, 0.15) is 48.6 Å². The molecular formula is C34H37F2N3O5. The molecule has 8 nitrogen and oxygen atoms in total. The molecule has 0 radical (unpaired) electrons. The second-order valence-electron chi connectivity index (χ2n) is 11.8. The van der Waals surface area contributed by atoms with Gasteiger partial charge in [-0.3, -0.25) is 14.4 Å². The number of carbonyl (C=O) groups is 3. The Hall–Kier alpha value is -4.47. The van der Waals surface area contributed by atoms with Crippen LogP contribution in [0.15, 0.2) is 60.7 Å². The van der Waals surface area contributed by atoms with E-state index in [4.69, 9.17) is 9.47 Å². The fraction of sp³-hybridized carbons (Fsp3) is 0.382. The van der Waals surface area contributed by atoms with E-state index in [0.29, 0.717) is 36.0 Å². The average Bonchev–Trinajstić information content (AvgIpc) is 3.44. The van der Waals surface area contributed by atoms with Crippen molar-refractivity contribution in [2.24, 2.45) is 11.8 Å². The molecule has 2 N–H and O–H groups in total. The number of benzene rings is 3. The first-order chi connectivity index (χ1) is 21.1. The number of nitrogens with zero attached hydrogens (tertiary/aromatic N) is 1. The highest BCUT2D eigenvalue weighted by atomic mass is 19.1. The van der Waals surface area contributed by atoms with Crippen molar-refractivity contribution in [2.45, 2.75) is 57.8 Å². The van der Waals surface area contributed by atoms with Crippen LogP contribution in [0.3, 0.4) is 0 Å². The van der Waals surface area contributed by atoms with Crippen molar-refractivity contribution in [3.05, 3.63) is 94.6 Å². The summed E-state index contributed by atoms with van der Waals surface area (Å²) in [5, 5.41) is 5.75. The van der Waals surface area contributed by atoms with Crippen LogP contribution in [0, 0.1) is 23.5 Å². The Bertz CT molecular complexity index is 1540. The number of ether oxygens (including phenoxy) is 2. The van der Waals surface area contributed by atoms with Crippen molar-refractivity contribution in [1.29, 1.82) is 0 Å². The molecule has 1 unspecified atom stereocenters. The van der Waals surface area contributed by atoms with Gasteiger partial charge in [0.2, 0.25) is 17.7 Å². The molecule has 1 aliphatic carbocycles. The van der Waals surface area contributed by atoms with E-state index >= 15 is 4.39 Å². The second-order valence-corrected chi connectivity index (χ2v) is 11.8. The molecule has 3 amide bonds. The first-order valence-electron chi connectivity index (χ1n) is 14.7. The number of carbonyl (C=O) groups excluding carboxylic acids is 3. The van der Waals surface area contributed by atoms with E-state index in [-0.39, 0.29) is 30.4 Å². The quantitative estimate of drug-likeness (QED) is 0.355. The number of methoxy groups -OCH3 is 2. The predicted molar refractivity (Wildman–Crippen MR) is 160 cm³/mol. The zero-order chi connectivity index (χ0) is 31.5. The van der Waals surface area contributed by atoms with E-state index in [1.807, 2.05) is 38.1 Å². The van der Waals surface area contributed by atoms with Gasteiger partial charge in [0.25, 0.3) is 0 Å². The molecule has 1 aliphatic heterocycles. The van der Waals surface area contributed by atoms with E-state index in [0.717, 1.165) is 23.3 Å².